The lowest BCUT2D eigenvalue weighted by molar-refractivity contribution is -0.167. The summed E-state index contributed by atoms with van der Waals surface area (Å²) in [7, 11) is 0. The molecule has 0 aliphatic rings. The molecule has 71 heavy (non-hydrogen) atoms. The van der Waals surface area contributed by atoms with Crippen molar-refractivity contribution in [3.63, 3.8) is 0 Å². The molecule has 0 aromatic carbocycles. The average molecular weight is 978 g/mol. The van der Waals surface area contributed by atoms with Crippen molar-refractivity contribution >= 4 is 17.9 Å². The number of hydrogen-bond acceptors (Lipinski definition) is 6. The second kappa shape index (κ2) is 57.6. The van der Waals surface area contributed by atoms with Crippen molar-refractivity contribution in [3.05, 3.63) is 158 Å². The molecule has 1 unspecified atom stereocenters. The molecule has 0 bridgehead atoms. The Bertz CT molecular complexity index is 1640. The first kappa shape index (κ1) is 66.0. The Labute approximate surface area is 435 Å². The van der Waals surface area contributed by atoms with E-state index >= 15 is 0 Å². The molecule has 0 aliphatic carbocycles. The van der Waals surface area contributed by atoms with Gasteiger partial charge in [0.25, 0.3) is 0 Å². The summed E-state index contributed by atoms with van der Waals surface area (Å²) in [6, 6.07) is 0. The maximum atomic E-state index is 12.9. The lowest BCUT2D eigenvalue weighted by Crippen LogP contribution is -2.30. The number of hydrogen-bond donors (Lipinski definition) is 0. The zero-order chi connectivity index (χ0) is 51.4. The van der Waals surface area contributed by atoms with Crippen molar-refractivity contribution in [2.45, 2.75) is 219 Å². The summed E-state index contributed by atoms with van der Waals surface area (Å²) < 4.78 is 16.8. The molecule has 0 aromatic rings. The van der Waals surface area contributed by atoms with Gasteiger partial charge in [-0.05, 0) is 103 Å². The third-order valence-corrected chi connectivity index (χ3v) is 11.2. The Morgan fingerprint density at radius 2 is 0.620 bits per heavy atom. The van der Waals surface area contributed by atoms with Crippen LogP contribution in [0.25, 0.3) is 0 Å². The predicted molar refractivity (Wildman–Crippen MR) is 306 cm³/mol. The maximum Gasteiger partial charge on any atom is 0.306 e. The average Bonchev–Trinajstić information content (AvgIpc) is 3.37. The van der Waals surface area contributed by atoms with Gasteiger partial charge in [0.15, 0.2) is 6.10 Å². The molecule has 0 spiro atoms. The molecule has 0 aliphatic heterocycles. The van der Waals surface area contributed by atoms with Crippen LogP contribution in [-0.4, -0.2) is 37.2 Å². The molecule has 6 heteroatoms. The maximum absolute atomic E-state index is 12.9. The number of ether oxygens (including phenoxy) is 3. The van der Waals surface area contributed by atoms with Gasteiger partial charge in [0.05, 0.1) is 0 Å². The van der Waals surface area contributed by atoms with E-state index in [1.807, 2.05) is 72.9 Å². The highest BCUT2D eigenvalue weighted by Crippen LogP contribution is 2.13. The summed E-state index contributed by atoms with van der Waals surface area (Å²) in [4.78, 5) is 38.2. The minimum Gasteiger partial charge on any atom is -0.462 e. The van der Waals surface area contributed by atoms with Gasteiger partial charge in [0.2, 0.25) is 0 Å². The van der Waals surface area contributed by atoms with Crippen LogP contribution >= 0.6 is 0 Å². The molecule has 0 amide bonds. The van der Waals surface area contributed by atoms with E-state index in [0.29, 0.717) is 19.3 Å². The Morgan fingerprint density at radius 1 is 0.310 bits per heavy atom. The van der Waals surface area contributed by atoms with Crippen LogP contribution in [0.4, 0.5) is 0 Å². The second-order valence-corrected chi connectivity index (χ2v) is 17.9. The number of unbranched alkanes of at least 4 members (excludes halogenated alkanes) is 18. The predicted octanol–water partition coefficient (Wildman–Crippen LogP) is 19.0. The van der Waals surface area contributed by atoms with Crippen LogP contribution in [0.2, 0.25) is 0 Å². The molecule has 396 valence electrons. The first-order valence-corrected chi connectivity index (χ1v) is 28.1. The highest BCUT2D eigenvalue weighted by molar-refractivity contribution is 5.71. The highest BCUT2D eigenvalue weighted by atomic mass is 16.6. The van der Waals surface area contributed by atoms with Gasteiger partial charge in [-0.2, -0.15) is 0 Å². The monoisotopic (exact) mass is 977 g/mol. The van der Waals surface area contributed by atoms with E-state index in [1.165, 1.54) is 44.9 Å². The van der Waals surface area contributed by atoms with E-state index in [1.54, 1.807) is 0 Å². The van der Waals surface area contributed by atoms with Crippen molar-refractivity contribution in [1.29, 1.82) is 0 Å². The van der Waals surface area contributed by atoms with Crippen LogP contribution in [0.3, 0.4) is 0 Å². The first-order chi connectivity index (χ1) is 35.0. The van der Waals surface area contributed by atoms with Crippen LogP contribution in [-0.2, 0) is 28.6 Å². The number of allylic oxidation sites excluding steroid dienone is 26. The van der Waals surface area contributed by atoms with E-state index in [0.717, 1.165) is 128 Å². The van der Waals surface area contributed by atoms with Crippen molar-refractivity contribution in [3.8, 4) is 0 Å². The van der Waals surface area contributed by atoms with E-state index in [4.69, 9.17) is 14.2 Å². The molecular weight excluding hydrogens is 877 g/mol. The smallest absolute Gasteiger partial charge is 0.306 e. The number of carbonyl (C=O) groups excluding carboxylic acids is 3. The van der Waals surface area contributed by atoms with Crippen molar-refractivity contribution < 1.29 is 28.6 Å². The van der Waals surface area contributed by atoms with Crippen LogP contribution in [0.1, 0.15) is 213 Å². The van der Waals surface area contributed by atoms with Gasteiger partial charge >= 0.3 is 17.9 Å². The normalized spacial score (nSPS) is 13.3. The van der Waals surface area contributed by atoms with Gasteiger partial charge in [-0.25, -0.2) is 0 Å². The van der Waals surface area contributed by atoms with E-state index in [-0.39, 0.29) is 31.1 Å². The fourth-order valence-corrected chi connectivity index (χ4v) is 7.05. The molecular formula is C65H100O6. The molecule has 0 radical (unpaired) electrons. The molecule has 6 nitrogen and oxygen atoms in total. The largest absolute Gasteiger partial charge is 0.462 e. The summed E-state index contributed by atoms with van der Waals surface area (Å²) in [6.45, 7) is 6.27. The fourth-order valence-electron chi connectivity index (χ4n) is 7.05. The summed E-state index contributed by atoms with van der Waals surface area (Å²) in [5.74, 6) is -0.993. The summed E-state index contributed by atoms with van der Waals surface area (Å²) in [5, 5.41) is 0. The molecule has 0 saturated carbocycles. The standard InChI is InChI=1S/C65H100O6/c1-4-7-10-13-16-19-22-25-28-30-32-34-37-40-43-46-49-52-55-58-64(67)70-61-62(60-69-63(66)57-54-51-48-45-42-39-36-27-24-21-18-15-12-9-6-3)71-65(68)59-56-53-50-47-44-41-38-35-33-31-29-26-23-20-17-14-11-8-5-2/h7-8,10-11,13,16-22,24-30,32-35,37,40,43,62H,4-6,9,12,14-15,23,31,36,38-39,41-42,44-61H2,1-3H3/b10-7-,11-8-,16-13-,20-17-,21-18-,22-19-,27-24-,28-25-,29-26-,32-30+,35-33-,37-34-,43-40-. The van der Waals surface area contributed by atoms with Gasteiger partial charge in [-0.1, -0.05) is 249 Å². The topological polar surface area (TPSA) is 78.9 Å². The van der Waals surface area contributed by atoms with Gasteiger partial charge in [-0.3, -0.25) is 14.4 Å². The van der Waals surface area contributed by atoms with E-state index in [2.05, 4.69) is 106 Å². The lowest BCUT2D eigenvalue weighted by atomic mass is 10.1. The number of esters is 3. The molecule has 0 rings (SSSR count). The summed E-state index contributed by atoms with van der Waals surface area (Å²) in [6.07, 6.45) is 83.6. The van der Waals surface area contributed by atoms with Crippen molar-refractivity contribution in [1.82, 2.24) is 0 Å². The van der Waals surface area contributed by atoms with E-state index in [9.17, 15) is 14.4 Å². The van der Waals surface area contributed by atoms with Gasteiger partial charge in [-0.15, -0.1) is 0 Å². The zero-order valence-corrected chi connectivity index (χ0v) is 45.2. The Morgan fingerprint density at radius 3 is 1.06 bits per heavy atom. The van der Waals surface area contributed by atoms with Gasteiger partial charge in [0, 0.05) is 19.3 Å². The second-order valence-electron chi connectivity index (χ2n) is 17.9. The quantitative estimate of drug-likeness (QED) is 0.0199. The van der Waals surface area contributed by atoms with E-state index < -0.39 is 6.10 Å². The summed E-state index contributed by atoms with van der Waals surface area (Å²) >= 11 is 0. The van der Waals surface area contributed by atoms with Crippen molar-refractivity contribution in [2.24, 2.45) is 0 Å². The lowest BCUT2D eigenvalue weighted by Gasteiger charge is -2.18. The summed E-state index contributed by atoms with van der Waals surface area (Å²) in [5.41, 5.74) is 0. The number of rotatable bonds is 48. The molecule has 0 aromatic heterocycles. The molecule has 0 N–H and O–H groups in total. The number of carbonyl (C=O) groups is 3. The molecule has 0 saturated heterocycles. The van der Waals surface area contributed by atoms with Crippen LogP contribution in [0, 0.1) is 0 Å². The highest BCUT2D eigenvalue weighted by Gasteiger charge is 2.19. The third kappa shape index (κ3) is 55.8. The Kier molecular flexibility index (Phi) is 53.6. The fraction of sp³-hybridized carbons (Fsp3) is 0.554. The Hall–Kier alpha value is -4.97. The minimum absolute atomic E-state index is 0.113. The zero-order valence-electron chi connectivity index (χ0n) is 45.2. The SMILES string of the molecule is CC\C=C/C=C\C=C/C=C\C=C\C=C/C=C\CCCCCC(=O)OCC(COC(=O)CCCCCCCC/C=C\C=C/CCCCC)OC(=O)CCCCCCCC/C=C\C/C=C\C/C=C\C/C=C\CC. The molecule has 1 atom stereocenters. The van der Waals surface area contributed by atoms with Gasteiger partial charge in [0.1, 0.15) is 13.2 Å². The van der Waals surface area contributed by atoms with Crippen molar-refractivity contribution in [2.75, 3.05) is 13.2 Å². The van der Waals surface area contributed by atoms with Crippen LogP contribution < -0.4 is 0 Å². The minimum atomic E-state index is -0.819. The molecule has 0 fully saturated rings. The van der Waals surface area contributed by atoms with Crippen LogP contribution in [0.5, 0.6) is 0 Å². The Balaban J connectivity index is 4.58. The third-order valence-electron chi connectivity index (χ3n) is 11.2. The molecule has 0 heterocycles. The first-order valence-electron chi connectivity index (χ1n) is 28.1. The van der Waals surface area contributed by atoms with Crippen LogP contribution in [0.15, 0.2) is 158 Å². The van der Waals surface area contributed by atoms with Gasteiger partial charge < -0.3 is 14.2 Å².